The molecular weight excluding hydrogens is 278 g/mol. The van der Waals surface area contributed by atoms with Crippen LogP contribution in [0.4, 0.5) is 0 Å². The van der Waals surface area contributed by atoms with Crippen molar-refractivity contribution < 1.29 is 9.53 Å². The molecule has 0 spiro atoms. The molecule has 1 unspecified atom stereocenters. The minimum absolute atomic E-state index is 0.195. The van der Waals surface area contributed by atoms with Gasteiger partial charge in [0.2, 0.25) is 0 Å². The molecule has 1 atom stereocenters. The smallest absolute Gasteiger partial charge is 0.325 e. The molecule has 0 saturated heterocycles. The number of methoxy groups -OCH3 is 1. The highest BCUT2D eigenvalue weighted by atomic mass is 35.5. The van der Waals surface area contributed by atoms with Crippen molar-refractivity contribution in [3.63, 3.8) is 0 Å². The molecule has 1 aromatic heterocycles. The van der Waals surface area contributed by atoms with Gasteiger partial charge in [-0.15, -0.1) is 0 Å². The first-order valence-corrected chi connectivity index (χ1v) is 7.38. The number of carbonyl (C=O) groups excluding carboxylic acids is 1. The third-order valence-corrected chi connectivity index (χ3v) is 4.20. The number of carbonyl (C=O) groups is 1. The number of aryl methyl sites for hydroxylation is 1. The van der Waals surface area contributed by atoms with E-state index in [1.807, 2.05) is 18.5 Å². The van der Waals surface area contributed by atoms with Crippen LogP contribution in [0.5, 0.6) is 0 Å². The Balaban J connectivity index is 1.91. The second kappa shape index (κ2) is 6.14. The van der Waals surface area contributed by atoms with Crippen molar-refractivity contribution >= 4 is 17.6 Å². The van der Waals surface area contributed by atoms with Gasteiger partial charge in [0, 0.05) is 12.6 Å². The molecule has 0 radical (unpaired) electrons. The lowest BCUT2D eigenvalue weighted by molar-refractivity contribution is -0.148. The number of rotatable bonds is 7. The van der Waals surface area contributed by atoms with Gasteiger partial charge >= 0.3 is 5.97 Å². The van der Waals surface area contributed by atoms with Gasteiger partial charge in [-0.3, -0.25) is 14.8 Å². The third kappa shape index (κ3) is 3.52. The fourth-order valence-corrected chi connectivity index (χ4v) is 2.51. The van der Waals surface area contributed by atoms with Crippen LogP contribution in [0.3, 0.4) is 0 Å². The van der Waals surface area contributed by atoms with E-state index in [1.165, 1.54) is 7.11 Å². The Kier molecular flexibility index (Phi) is 4.70. The number of halogens is 1. The predicted molar refractivity (Wildman–Crippen MR) is 77.8 cm³/mol. The molecule has 0 aromatic carbocycles. The molecule has 1 aromatic rings. The maximum absolute atomic E-state index is 12.0. The van der Waals surface area contributed by atoms with E-state index in [4.69, 9.17) is 16.3 Å². The zero-order valence-corrected chi connectivity index (χ0v) is 13.0. The summed E-state index contributed by atoms with van der Waals surface area (Å²) in [4.78, 5) is 12.0. The van der Waals surface area contributed by atoms with Crippen LogP contribution < -0.4 is 5.32 Å². The molecule has 1 saturated carbocycles. The highest BCUT2D eigenvalue weighted by Crippen LogP contribution is 2.26. The molecule has 6 heteroatoms. The summed E-state index contributed by atoms with van der Waals surface area (Å²) in [6, 6.07) is 0.458. The fraction of sp³-hybridized carbons (Fsp3) is 0.714. The summed E-state index contributed by atoms with van der Waals surface area (Å²) >= 11 is 5.98. The fourth-order valence-electron chi connectivity index (χ4n) is 2.37. The summed E-state index contributed by atoms with van der Waals surface area (Å²) < 4.78 is 6.80. The molecule has 0 bridgehead atoms. The summed E-state index contributed by atoms with van der Waals surface area (Å²) in [5.41, 5.74) is 0.349. The molecule has 0 amide bonds. The monoisotopic (exact) mass is 299 g/mol. The SMILES string of the molecule is COC(=O)C(C)(CCCn1ncc(Cl)c1C)NC1CC1. The van der Waals surface area contributed by atoms with Crippen molar-refractivity contribution in [3.8, 4) is 0 Å². The van der Waals surface area contributed by atoms with Crippen molar-refractivity contribution in [1.29, 1.82) is 0 Å². The zero-order valence-electron chi connectivity index (χ0n) is 12.3. The third-order valence-electron chi connectivity index (χ3n) is 3.83. The van der Waals surface area contributed by atoms with E-state index in [9.17, 15) is 4.79 Å². The van der Waals surface area contributed by atoms with E-state index >= 15 is 0 Å². The summed E-state index contributed by atoms with van der Waals surface area (Å²) in [6.45, 7) is 4.61. The minimum Gasteiger partial charge on any atom is -0.468 e. The molecule has 5 nitrogen and oxygen atoms in total. The number of nitrogens with zero attached hydrogens (tertiary/aromatic N) is 2. The molecule has 1 fully saturated rings. The Labute approximate surface area is 124 Å². The van der Waals surface area contributed by atoms with Crippen LogP contribution in [0.2, 0.25) is 5.02 Å². The van der Waals surface area contributed by atoms with Crippen LogP contribution in [0.1, 0.15) is 38.3 Å². The average Bonchev–Trinajstić information content (AvgIpc) is 3.18. The van der Waals surface area contributed by atoms with Gasteiger partial charge in [0.1, 0.15) is 5.54 Å². The van der Waals surface area contributed by atoms with Crippen molar-refractivity contribution in [2.45, 2.75) is 57.7 Å². The summed E-state index contributed by atoms with van der Waals surface area (Å²) in [6.07, 6.45) is 5.48. The quantitative estimate of drug-likeness (QED) is 0.785. The number of ether oxygens (including phenoxy) is 1. The Morgan fingerprint density at radius 1 is 1.65 bits per heavy atom. The van der Waals surface area contributed by atoms with Crippen molar-refractivity contribution in [3.05, 3.63) is 16.9 Å². The molecule has 1 aliphatic rings. The van der Waals surface area contributed by atoms with Crippen molar-refractivity contribution in [2.24, 2.45) is 0 Å². The number of aromatic nitrogens is 2. The summed E-state index contributed by atoms with van der Waals surface area (Å²) in [5, 5.41) is 8.29. The van der Waals surface area contributed by atoms with E-state index in [0.29, 0.717) is 17.5 Å². The number of esters is 1. The Hall–Kier alpha value is -1.07. The van der Waals surface area contributed by atoms with Gasteiger partial charge in [0.25, 0.3) is 0 Å². The van der Waals surface area contributed by atoms with E-state index in [0.717, 1.165) is 31.5 Å². The van der Waals surface area contributed by atoms with Gasteiger partial charge in [-0.25, -0.2) is 0 Å². The first kappa shape index (κ1) is 15.3. The van der Waals surface area contributed by atoms with Crippen LogP contribution in [0.25, 0.3) is 0 Å². The number of hydrogen-bond donors (Lipinski definition) is 1. The van der Waals surface area contributed by atoms with Crippen LogP contribution in [0, 0.1) is 6.92 Å². The Bertz CT molecular complexity index is 485. The van der Waals surface area contributed by atoms with Gasteiger partial charge < -0.3 is 4.74 Å². The van der Waals surface area contributed by atoms with Gasteiger partial charge in [-0.1, -0.05) is 11.6 Å². The Morgan fingerprint density at radius 3 is 2.85 bits per heavy atom. The Morgan fingerprint density at radius 2 is 2.35 bits per heavy atom. The lowest BCUT2D eigenvalue weighted by Crippen LogP contribution is -2.51. The normalized spacial score (nSPS) is 17.8. The van der Waals surface area contributed by atoms with Crippen LogP contribution >= 0.6 is 11.6 Å². The van der Waals surface area contributed by atoms with E-state index in [2.05, 4.69) is 10.4 Å². The zero-order chi connectivity index (χ0) is 14.8. The molecular formula is C14H22ClN3O2. The predicted octanol–water partition coefficient (Wildman–Crippen LogP) is 2.31. The maximum atomic E-state index is 12.0. The number of hydrogen-bond acceptors (Lipinski definition) is 4. The van der Waals surface area contributed by atoms with Gasteiger partial charge in [0.15, 0.2) is 0 Å². The molecule has 2 rings (SSSR count). The first-order valence-electron chi connectivity index (χ1n) is 7.00. The maximum Gasteiger partial charge on any atom is 0.325 e. The molecule has 20 heavy (non-hydrogen) atoms. The molecule has 1 N–H and O–H groups in total. The lowest BCUT2D eigenvalue weighted by Gasteiger charge is -2.28. The van der Waals surface area contributed by atoms with E-state index in [1.54, 1.807) is 6.20 Å². The van der Waals surface area contributed by atoms with Crippen molar-refractivity contribution in [1.82, 2.24) is 15.1 Å². The average molecular weight is 300 g/mol. The molecule has 0 aliphatic heterocycles. The van der Waals surface area contributed by atoms with Gasteiger partial charge in [-0.2, -0.15) is 5.10 Å². The first-order chi connectivity index (χ1) is 9.46. The highest BCUT2D eigenvalue weighted by Gasteiger charge is 2.38. The van der Waals surface area contributed by atoms with Gasteiger partial charge in [0.05, 0.1) is 24.0 Å². The molecule has 112 valence electrons. The van der Waals surface area contributed by atoms with E-state index in [-0.39, 0.29) is 5.97 Å². The lowest BCUT2D eigenvalue weighted by atomic mass is 9.95. The summed E-state index contributed by atoms with van der Waals surface area (Å²) in [5.74, 6) is -0.195. The standard InChI is InChI=1S/C14H22ClN3O2/c1-10-12(15)9-16-18(10)8-4-7-14(2,13(19)20-3)17-11-5-6-11/h9,11,17H,4-8H2,1-3H3. The second-order valence-electron chi connectivity index (χ2n) is 5.65. The summed E-state index contributed by atoms with van der Waals surface area (Å²) in [7, 11) is 1.44. The largest absolute Gasteiger partial charge is 0.468 e. The minimum atomic E-state index is -0.610. The molecule has 1 heterocycles. The topological polar surface area (TPSA) is 56.2 Å². The second-order valence-corrected chi connectivity index (χ2v) is 6.05. The highest BCUT2D eigenvalue weighted by molar-refractivity contribution is 6.31. The van der Waals surface area contributed by atoms with Crippen LogP contribution in [-0.4, -0.2) is 34.4 Å². The number of nitrogens with one attached hydrogen (secondary N) is 1. The van der Waals surface area contributed by atoms with Crippen LogP contribution in [-0.2, 0) is 16.1 Å². The van der Waals surface area contributed by atoms with Crippen molar-refractivity contribution in [2.75, 3.05) is 7.11 Å². The van der Waals surface area contributed by atoms with Gasteiger partial charge in [-0.05, 0) is 39.5 Å². The molecule has 1 aliphatic carbocycles. The van der Waals surface area contributed by atoms with Crippen LogP contribution in [0.15, 0.2) is 6.20 Å². The van der Waals surface area contributed by atoms with E-state index < -0.39 is 5.54 Å².